The number of nitrogens with two attached hydrogens (primary N) is 1. The molecule has 16 heavy (non-hydrogen) atoms. The molecular formula is C11H14BrNO3. The molecule has 2 N–H and O–H groups in total. The molecule has 0 spiro atoms. The molecule has 0 aliphatic rings. The van der Waals surface area contributed by atoms with Gasteiger partial charge in [-0.1, -0.05) is 0 Å². The van der Waals surface area contributed by atoms with E-state index in [1.54, 1.807) is 19.2 Å². The van der Waals surface area contributed by atoms with Crippen LogP contribution in [-0.4, -0.2) is 26.0 Å². The van der Waals surface area contributed by atoms with Crippen LogP contribution in [0.25, 0.3) is 0 Å². The number of benzene rings is 1. The van der Waals surface area contributed by atoms with Gasteiger partial charge in [0.05, 0.1) is 30.3 Å². The molecule has 0 aliphatic carbocycles. The molecule has 0 amide bonds. The first-order valence-corrected chi connectivity index (χ1v) is 5.66. The van der Waals surface area contributed by atoms with Crippen molar-refractivity contribution in [3.05, 3.63) is 22.2 Å². The zero-order valence-corrected chi connectivity index (χ0v) is 10.8. The SMILES string of the molecule is CCOc1cc(OC)c(Br)cc1C(=O)CN. The van der Waals surface area contributed by atoms with Crippen LogP contribution in [-0.2, 0) is 0 Å². The van der Waals surface area contributed by atoms with Crippen LogP contribution in [0.2, 0.25) is 0 Å². The average Bonchev–Trinajstić information content (AvgIpc) is 2.30. The Morgan fingerprint density at radius 2 is 2.12 bits per heavy atom. The predicted molar refractivity (Wildman–Crippen MR) is 65.2 cm³/mol. The van der Waals surface area contributed by atoms with E-state index in [0.29, 0.717) is 28.1 Å². The van der Waals surface area contributed by atoms with Crippen molar-refractivity contribution in [1.82, 2.24) is 0 Å². The number of Topliss-reactive ketones (excluding diaryl/α,β-unsaturated/α-hetero) is 1. The first-order chi connectivity index (χ1) is 7.63. The van der Waals surface area contributed by atoms with Gasteiger partial charge in [0, 0.05) is 6.07 Å². The Kier molecular flexibility index (Phi) is 4.76. The van der Waals surface area contributed by atoms with Gasteiger partial charge in [-0.2, -0.15) is 0 Å². The maximum atomic E-state index is 11.6. The highest BCUT2D eigenvalue weighted by Gasteiger charge is 2.15. The third-order valence-corrected chi connectivity index (χ3v) is 2.66. The standard InChI is InChI=1S/C11H14BrNO3/c1-3-16-10-5-11(15-2)8(12)4-7(10)9(14)6-13/h4-5H,3,6,13H2,1-2H3. The third kappa shape index (κ3) is 2.74. The van der Waals surface area contributed by atoms with Crippen LogP contribution >= 0.6 is 15.9 Å². The van der Waals surface area contributed by atoms with Gasteiger partial charge in [0.15, 0.2) is 5.78 Å². The van der Waals surface area contributed by atoms with Crippen LogP contribution in [0.3, 0.4) is 0 Å². The lowest BCUT2D eigenvalue weighted by Crippen LogP contribution is -2.15. The summed E-state index contributed by atoms with van der Waals surface area (Å²) in [6, 6.07) is 3.34. The van der Waals surface area contributed by atoms with Gasteiger partial charge in [-0.3, -0.25) is 4.79 Å². The van der Waals surface area contributed by atoms with Crippen molar-refractivity contribution in [2.75, 3.05) is 20.3 Å². The van der Waals surface area contributed by atoms with Gasteiger partial charge in [-0.05, 0) is 28.9 Å². The highest BCUT2D eigenvalue weighted by molar-refractivity contribution is 9.10. The predicted octanol–water partition coefficient (Wildman–Crippen LogP) is 2.00. The van der Waals surface area contributed by atoms with Crippen molar-refractivity contribution in [3.63, 3.8) is 0 Å². The van der Waals surface area contributed by atoms with Gasteiger partial charge < -0.3 is 15.2 Å². The summed E-state index contributed by atoms with van der Waals surface area (Å²) in [6.45, 7) is 2.29. The number of rotatable bonds is 5. The highest BCUT2D eigenvalue weighted by Crippen LogP contribution is 2.33. The fourth-order valence-electron chi connectivity index (χ4n) is 1.29. The lowest BCUT2D eigenvalue weighted by atomic mass is 10.1. The quantitative estimate of drug-likeness (QED) is 0.842. The molecule has 0 radical (unpaired) electrons. The fraction of sp³-hybridized carbons (Fsp3) is 0.364. The second-order valence-electron chi connectivity index (χ2n) is 3.04. The topological polar surface area (TPSA) is 61.5 Å². The molecular weight excluding hydrogens is 274 g/mol. The first-order valence-electron chi connectivity index (χ1n) is 4.87. The summed E-state index contributed by atoms with van der Waals surface area (Å²) in [4.78, 5) is 11.6. The van der Waals surface area contributed by atoms with Gasteiger partial charge in [-0.25, -0.2) is 0 Å². The molecule has 1 rings (SSSR count). The number of ether oxygens (including phenoxy) is 2. The second-order valence-corrected chi connectivity index (χ2v) is 3.90. The van der Waals surface area contributed by atoms with E-state index in [4.69, 9.17) is 15.2 Å². The Bertz CT molecular complexity index is 393. The van der Waals surface area contributed by atoms with Crippen LogP contribution < -0.4 is 15.2 Å². The van der Waals surface area contributed by atoms with E-state index < -0.39 is 0 Å². The Hall–Kier alpha value is -1.07. The molecule has 88 valence electrons. The Morgan fingerprint density at radius 3 is 2.62 bits per heavy atom. The number of halogens is 1. The minimum absolute atomic E-state index is 0.0428. The lowest BCUT2D eigenvalue weighted by Gasteiger charge is -2.12. The summed E-state index contributed by atoms with van der Waals surface area (Å²) in [7, 11) is 1.56. The molecule has 4 nitrogen and oxygen atoms in total. The maximum Gasteiger partial charge on any atom is 0.180 e. The third-order valence-electron chi connectivity index (χ3n) is 2.04. The fourth-order valence-corrected chi connectivity index (χ4v) is 1.80. The number of hydrogen-bond acceptors (Lipinski definition) is 4. The Labute approximate surface area is 103 Å². The van der Waals surface area contributed by atoms with Gasteiger partial charge in [0.25, 0.3) is 0 Å². The van der Waals surface area contributed by atoms with E-state index in [1.807, 2.05) is 6.92 Å². The van der Waals surface area contributed by atoms with E-state index in [0.717, 1.165) is 0 Å². The molecule has 5 heteroatoms. The summed E-state index contributed by atoms with van der Waals surface area (Å²) in [5, 5.41) is 0. The highest BCUT2D eigenvalue weighted by atomic mass is 79.9. The molecule has 0 atom stereocenters. The minimum atomic E-state index is -0.160. The van der Waals surface area contributed by atoms with Crippen LogP contribution in [0.15, 0.2) is 16.6 Å². The Balaban J connectivity index is 3.24. The minimum Gasteiger partial charge on any atom is -0.495 e. The average molecular weight is 288 g/mol. The molecule has 0 fully saturated rings. The smallest absolute Gasteiger partial charge is 0.180 e. The van der Waals surface area contributed by atoms with E-state index in [2.05, 4.69) is 15.9 Å². The first kappa shape index (κ1) is 13.0. The molecule has 0 unspecified atom stereocenters. The molecule has 0 bridgehead atoms. The molecule has 1 aromatic rings. The number of ketones is 1. The monoisotopic (exact) mass is 287 g/mol. The van der Waals surface area contributed by atoms with Crippen molar-refractivity contribution in [1.29, 1.82) is 0 Å². The molecule has 0 aliphatic heterocycles. The number of carbonyl (C=O) groups is 1. The molecule has 0 heterocycles. The molecule has 0 saturated heterocycles. The van der Waals surface area contributed by atoms with Crippen LogP contribution in [0.4, 0.5) is 0 Å². The van der Waals surface area contributed by atoms with E-state index in [1.165, 1.54) is 0 Å². The molecule has 1 aromatic carbocycles. The van der Waals surface area contributed by atoms with Gasteiger partial charge >= 0.3 is 0 Å². The normalized spacial score (nSPS) is 10.0. The molecule has 0 saturated carbocycles. The van der Waals surface area contributed by atoms with E-state index in [-0.39, 0.29) is 12.3 Å². The zero-order chi connectivity index (χ0) is 12.1. The maximum absolute atomic E-state index is 11.6. The van der Waals surface area contributed by atoms with E-state index >= 15 is 0 Å². The number of methoxy groups -OCH3 is 1. The van der Waals surface area contributed by atoms with Crippen molar-refractivity contribution in [3.8, 4) is 11.5 Å². The summed E-state index contributed by atoms with van der Waals surface area (Å²) in [6.07, 6.45) is 0. The van der Waals surface area contributed by atoms with Gasteiger partial charge in [0.2, 0.25) is 0 Å². The summed E-state index contributed by atoms with van der Waals surface area (Å²) in [5.41, 5.74) is 5.81. The summed E-state index contributed by atoms with van der Waals surface area (Å²) >= 11 is 3.32. The van der Waals surface area contributed by atoms with Gasteiger partial charge in [0.1, 0.15) is 11.5 Å². The largest absolute Gasteiger partial charge is 0.495 e. The lowest BCUT2D eigenvalue weighted by molar-refractivity contribution is 0.0997. The molecule has 0 aromatic heterocycles. The Morgan fingerprint density at radius 1 is 1.44 bits per heavy atom. The number of hydrogen-bond donors (Lipinski definition) is 1. The van der Waals surface area contributed by atoms with Crippen LogP contribution in [0.1, 0.15) is 17.3 Å². The van der Waals surface area contributed by atoms with Crippen molar-refractivity contribution >= 4 is 21.7 Å². The number of carbonyl (C=O) groups excluding carboxylic acids is 1. The van der Waals surface area contributed by atoms with Gasteiger partial charge in [-0.15, -0.1) is 0 Å². The summed E-state index contributed by atoms with van der Waals surface area (Å²) in [5.74, 6) is 0.960. The second kappa shape index (κ2) is 5.86. The van der Waals surface area contributed by atoms with Crippen LogP contribution in [0.5, 0.6) is 11.5 Å². The summed E-state index contributed by atoms with van der Waals surface area (Å²) < 4.78 is 11.2. The van der Waals surface area contributed by atoms with Crippen LogP contribution in [0, 0.1) is 0 Å². The van der Waals surface area contributed by atoms with E-state index in [9.17, 15) is 4.79 Å². The van der Waals surface area contributed by atoms with Crippen molar-refractivity contribution in [2.45, 2.75) is 6.92 Å². The zero-order valence-electron chi connectivity index (χ0n) is 9.25. The van der Waals surface area contributed by atoms with Crippen molar-refractivity contribution in [2.24, 2.45) is 5.73 Å². The van der Waals surface area contributed by atoms with Crippen molar-refractivity contribution < 1.29 is 14.3 Å².